The van der Waals surface area contributed by atoms with Crippen LogP contribution < -0.4 is 5.73 Å². The number of nitrogen functional groups attached to an aromatic ring is 1. The standard InChI is InChI=1S/C9H8N4O2/c10-7-1-2-11-8(3-7)13-5-6(4-12-13)9(14)15/h1-5H,(H2,10,11)(H,14,15). The molecule has 2 heterocycles. The van der Waals surface area contributed by atoms with Gasteiger partial charge in [0.25, 0.3) is 0 Å². The molecular formula is C9H8N4O2. The fourth-order valence-electron chi connectivity index (χ4n) is 1.12. The third kappa shape index (κ3) is 1.78. The monoisotopic (exact) mass is 204 g/mol. The molecule has 2 rings (SSSR count). The molecule has 0 bridgehead atoms. The summed E-state index contributed by atoms with van der Waals surface area (Å²) in [5.41, 5.74) is 6.22. The number of carbonyl (C=O) groups is 1. The molecule has 0 aliphatic heterocycles. The molecule has 76 valence electrons. The lowest BCUT2D eigenvalue weighted by Gasteiger charge is -1.99. The lowest BCUT2D eigenvalue weighted by molar-refractivity contribution is 0.0697. The summed E-state index contributed by atoms with van der Waals surface area (Å²) in [6, 6.07) is 3.25. The number of carboxylic acids is 1. The lowest BCUT2D eigenvalue weighted by atomic mass is 10.4. The molecule has 0 atom stereocenters. The van der Waals surface area contributed by atoms with E-state index in [9.17, 15) is 4.79 Å². The second-order valence-electron chi connectivity index (χ2n) is 2.93. The number of nitrogens with two attached hydrogens (primary N) is 1. The molecule has 0 spiro atoms. The van der Waals surface area contributed by atoms with Gasteiger partial charge in [0.1, 0.15) is 0 Å². The number of rotatable bonds is 2. The van der Waals surface area contributed by atoms with Crippen molar-refractivity contribution in [2.24, 2.45) is 0 Å². The van der Waals surface area contributed by atoms with Gasteiger partial charge >= 0.3 is 5.97 Å². The Labute approximate surface area is 85.0 Å². The number of hydrogen-bond acceptors (Lipinski definition) is 4. The van der Waals surface area contributed by atoms with Crippen molar-refractivity contribution in [3.05, 3.63) is 36.3 Å². The summed E-state index contributed by atoms with van der Waals surface area (Å²) in [5, 5.41) is 12.6. The summed E-state index contributed by atoms with van der Waals surface area (Å²) in [4.78, 5) is 14.6. The molecule has 0 amide bonds. The predicted molar refractivity (Wildman–Crippen MR) is 52.7 cm³/mol. The van der Waals surface area contributed by atoms with Crippen LogP contribution in [0, 0.1) is 0 Å². The van der Waals surface area contributed by atoms with Gasteiger partial charge in [-0.15, -0.1) is 0 Å². The zero-order valence-corrected chi connectivity index (χ0v) is 7.66. The van der Waals surface area contributed by atoms with Crippen molar-refractivity contribution < 1.29 is 9.90 Å². The molecule has 15 heavy (non-hydrogen) atoms. The van der Waals surface area contributed by atoms with E-state index >= 15 is 0 Å². The van der Waals surface area contributed by atoms with Gasteiger partial charge in [-0.25, -0.2) is 14.5 Å². The maximum Gasteiger partial charge on any atom is 0.338 e. The second kappa shape index (κ2) is 3.41. The van der Waals surface area contributed by atoms with Crippen LogP contribution in [-0.4, -0.2) is 25.8 Å². The van der Waals surface area contributed by atoms with Crippen molar-refractivity contribution in [3.8, 4) is 5.82 Å². The lowest BCUT2D eigenvalue weighted by Crippen LogP contribution is -1.99. The summed E-state index contributed by atoms with van der Waals surface area (Å²) in [5.74, 6) is -0.535. The Morgan fingerprint density at radius 3 is 2.93 bits per heavy atom. The van der Waals surface area contributed by atoms with Crippen molar-refractivity contribution in [2.45, 2.75) is 0 Å². The molecule has 2 aromatic rings. The van der Waals surface area contributed by atoms with Gasteiger partial charge in [0.05, 0.1) is 11.8 Å². The smallest absolute Gasteiger partial charge is 0.338 e. The summed E-state index contributed by atoms with van der Waals surface area (Å²) in [6.45, 7) is 0. The van der Waals surface area contributed by atoms with Gasteiger partial charge in [-0.2, -0.15) is 5.10 Å². The number of aromatic carboxylic acids is 1. The van der Waals surface area contributed by atoms with Crippen molar-refractivity contribution in [3.63, 3.8) is 0 Å². The topological polar surface area (TPSA) is 94.0 Å². The Balaban J connectivity index is 2.41. The van der Waals surface area contributed by atoms with Crippen LogP contribution in [0.3, 0.4) is 0 Å². The van der Waals surface area contributed by atoms with Gasteiger partial charge in [0, 0.05) is 24.1 Å². The Hall–Kier alpha value is -2.37. The maximum atomic E-state index is 10.6. The first-order chi connectivity index (χ1) is 7.16. The molecule has 6 heteroatoms. The highest BCUT2D eigenvalue weighted by Crippen LogP contribution is 2.08. The first kappa shape index (κ1) is 9.20. The van der Waals surface area contributed by atoms with E-state index in [1.807, 2.05) is 0 Å². The molecule has 0 unspecified atom stereocenters. The van der Waals surface area contributed by atoms with Crippen LogP contribution in [0.5, 0.6) is 0 Å². The van der Waals surface area contributed by atoms with E-state index < -0.39 is 5.97 Å². The van der Waals surface area contributed by atoms with Crippen molar-refractivity contribution in [1.82, 2.24) is 14.8 Å². The number of anilines is 1. The van der Waals surface area contributed by atoms with Crippen molar-refractivity contribution in [1.29, 1.82) is 0 Å². The van der Waals surface area contributed by atoms with Gasteiger partial charge in [0.2, 0.25) is 0 Å². The van der Waals surface area contributed by atoms with E-state index in [0.29, 0.717) is 11.5 Å². The summed E-state index contributed by atoms with van der Waals surface area (Å²) in [6.07, 6.45) is 4.17. The molecule has 0 aliphatic rings. The van der Waals surface area contributed by atoms with Crippen LogP contribution in [0.25, 0.3) is 5.82 Å². The highest BCUT2D eigenvalue weighted by atomic mass is 16.4. The van der Waals surface area contributed by atoms with Gasteiger partial charge in [0.15, 0.2) is 5.82 Å². The van der Waals surface area contributed by atoms with Crippen molar-refractivity contribution in [2.75, 3.05) is 5.73 Å². The number of hydrogen-bond donors (Lipinski definition) is 2. The number of carboxylic acid groups (broad SMARTS) is 1. The van der Waals surface area contributed by atoms with Gasteiger partial charge in [-0.1, -0.05) is 0 Å². The molecule has 3 N–H and O–H groups in total. The third-order valence-corrected chi connectivity index (χ3v) is 1.83. The Morgan fingerprint density at radius 1 is 1.53 bits per heavy atom. The zero-order chi connectivity index (χ0) is 10.8. The van der Waals surface area contributed by atoms with Crippen LogP contribution in [0.1, 0.15) is 10.4 Å². The molecule has 2 aromatic heterocycles. The van der Waals surface area contributed by atoms with Gasteiger partial charge in [-0.3, -0.25) is 0 Å². The summed E-state index contributed by atoms with van der Waals surface area (Å²) >= 11 is 0. The molecule has 0 aromatic carbocycles. The molecule has 0 fully saturated rings. The highest BCUT2D eigenvalue weighted by molar-refractivity contribution is 5.86. The number of nitrogens with zero attached hydrogens (tertiary/aromatic N) is 3. The Kier molecular flexibility index (Phi) is 2.09. The quantitative estimate of drug-likeness (QED) is 0.744. The average Bonchev–Trinajstić information content (AvgIpc) is 2.66. The predicted octanol–water partition coefficient (Wildman–Crippen LogP) is 0.548. The van der Waals surface area contributed by atoms with E-state index in [0.717, 1.165) is 0 Å². The minimum Gasteiger partial charge on any atom is -0.478 e. The number of aromatic nitrogens is 3. The molecule has 0 radical (unpaired) electrons. The van der Waals surface area contributed by atoms with Crippen LogP contribution in [0.2, 0.25) is 0 Å². The van der Waals surface area contributed by atoms with E-state index in [1.165, 1.54) is 23.3 Å². The zero-order valence-electron chi connectivity index (χ0n) is 7.66. The minimum atomic E-state index is -1.02. The normalized spacial score (nSPS) is 10.1. The fourth-order valence-corrected chi connectivity index (χ4v) is 1.12. The number of pyridine rings is 1. The second-order valence-corrected chi connectivity index (χ2v) is 2.93. The molecule has 0 saturated heterocycles. The van der Waals surface area contributed by atoms with Crippen LogP contribution in [-0.2, 0) is 0 Å². The molecule has 0 aliphatic carbocycles. The SMILES string of the molecule is Nc1ccnc(-n2cc(C(=O)O)cn2)c1. The minimum absolute atomic E-state index is 0.110. The summed E-state index contributed by atoms with van der Waals surface area (Å²) < 4.78 is 1.36. The maximum absolute atomic E-state index is 10.6. The van der Waals surface area contributed by atoms with Gasteiger partial charge < -0.3 is 10.8 Å². The highest BCUT2D eigenvalue weighted by Gasteiger charge is 2.07. The molecule has 6 nitrogen and oxygen atoms in total. The first-order valence-corrected chi connectivity index (χ1v) is 4.16. The van der Waals surface area contributed by atoms with Crippen LogP contribution in [0.15, 0.2) is 30.7 Å². The van der Waals surface area contributed by atoms with Crippen LogP contribution >= 0.6 is 0 Å². The van der Waals surface area contributed by atoms with E-state index in [4.69, 9.17) is 10.8 Å². The largest absolute Gasteiger partial charge is 0.478 e. The molecule has 0 saturated carbocycles. The van der Waals surface area contributed by atoms with Crippen LogP contribution in [0.4, 0.5) is 5.69 Å². The van der Waals surface area contributed by atoms with Gasteiger partial charge in [-0.05, 0) is 6.07 Å². The van der Waals surface area contributed by atoms with E-state index in [2.05, 4.69) is 10.1 Å². The third-order valence-electron chi connectivity index (χ3n) is 1.83. The molecular weight excluding hydrogens is 196 g/mol. The first-order valence-electron chi connectivity index (χ1n) is 4.16. The Morgan fingerprint density at radius 2 is 2.33 bits per heavy atom. The Bertz CT molecular complexity index is 506. The fraction of sp³-hybridized carbons (Fsp3) is 0. The average molecular weight is 204 g/mol. The summed E-state index contributed by atoms with van der Waals surface area (Å²) in [7, 11) is 0. The van der Waals surface area contributed by atoms with E-state index in [-0.39, 0.29) is 5.56 Å². The van der Waals surface area contributed by atoms with E-state index in [1.54, 1.807) is 12.1 Å². The van der Waals surface area contributed by atoms with Crippen molar-refractivity contribution >= 4 is 11.7 Å².